The van der Waals surface area contributed by atoms with Crippen molar-refractivity contribution in [1.29, 1.82) is 0 Å². The average molecular weight is 449 g/mol. The molecule has 1 amide bonds. The van der Waals surface area contributed by atoms with Crippen molar-refractivity contribution >= 4 is 38.2 Å². The number of benzene rings is 1. The Bertz CT molecular complexity index is 900. The molecule has 1 aliphatic carbocycles. The van der Waals surface area contributed by atoms with E-state index in [2.05, 4.69) is 47.3 Å². The Morgan fingerprint density at radius 1 is 1.26 bits per heavy atom. The van der Waals surface area contributed by atoms with Gasteiger partial charge in [-0.1, -0.05) is 36.7 Å². The third-order valence-electron chi connectivity index (χ3n) is 5.77. The highest BCUT2D eigenvalue weighted by molar-refractivity contribution is 9.10. The molecule has 1 aromatic carbocycles. The standard InChI is InChI=1S/C21H25BrN2O2S/c1-21(2,3)11-5-7-13-16(9-11)27-20-17(13)19(25)23-18(24-20)14-10-12(22)6-8-15(14)26-4/h6,8,10-11,18,24H,5,7,9H2,1-4H3,(H,23,25)/t11-,18-/m1/s1. The maximum Gasteiger partial charge on any atom is 0.256 e. The van der Waals surface area contributed by atoms with Crippen molar-refractivity contribution in [3.8, 4) is 5.75 Å². The molecule has 2 heterocycles. The van der Waals surface area contributed by atoms with E-state index in [1.54, 1.807) is 18.4 Å². The van der Waals surface area contributed by atoms with Crippen LogP contribution in [-0.4, -0.2) is 13.0 Å². The van der Waals surface area contributed by atoms with Crippen molar-refractivity contribution in [1.82, 2.24) is 5.32 Å². The second kappa shape index (κ2) is 6.82. The second-order valence-corrected chi connectivity index (χ2v) is 10.5. The number of rotatable bonds is 2. The quantitative estimate of drug-likeness (QED) is 0.635. The van der Waals surface area contributed by atoms with Gasteiger partial charge in [0.2, 0.25) is 0 Å². The van der Waals surface area contributed by atoms with E-state index < -0.39 is 0 Å². The molecule has 4 rings (SSSR count). The highest BCUT2D eigenvalue weighted by Crippen LogP contribution is 2.46. The number of carbonyl (C=O) groups is 1. The van der Waals surface area contributed by atoms with Gasteiger partial charge in [-0.3, -0.25) is 4.79 Å². The highest BCUT2D eigenvalue weighted by Gasteiger charge is 2.37. The van der Waals surface area contributed by atoms with Crippen molar-refractivity contribution in [2.24, 2.45) is 11.3 Å². The first-order valence-corrected chi connectivity index (χ1v) is 10.9. The summed E-state index contributed by atoms with van der Waals surface area (Å²) in [5.41, 5.74) is 3.32. The Hall–Kier alpha value is -1.53. The minimum atomic E-state index is -0.295. The van der Waals surface area contributed by atoms with E-state index in [1.165, 1.54) is 10.4 Å². The van der Waals surface area contributed by atoms with Crippen molar-refractivity contribution in [3.63, 3.8) is 0 Å². The molecule has 0 saturated heterocycles. The molecule has 0 fully saturated rings. The summed E-state index contributed by atoms with van der Waals surface area (Å²) in [4.78, 5) is 14.3. The van der Waals surface area contributed by atoms with E-state index >= 15 is 0 Å². The predicted octanol–water partition coefficient (Wildman–Crippen LogP) is 5.52. The Kier molecular flexibility index (Phi) is 4.75. The lowest BCUT2D eigenvalue weighted by molar-refractivity contribution is 0.0934. The fourth-order valence-corrected chi connectivity index (χ4v) is 5.86. The molecule has 0 spiro atoms. The number of thiophene rings is 1. The summed E-state index contributed by atoms with van der Waals surface area (Å²) < 4.78 is 6.46. The number of ether oxygens (including phenoxy) is 1. The summed E-state index contributed by atoms with van der Waals surface area (Å²) in [6.45, 7) is 6.95. The zero-order valence-electron chi connectivity index (χ0n) is 16.1. The van der Waals surface area contributed by atoms with Crippen LogP contribution in [0, 0.1) is 11.3 Å². The molecule has 6 heteroatoms. The van der Waals surface area contributed by atoms with E-state index in [1.807, 2.05) is 18.2 Å². The van der Waals surface area contributed by atoms with Crippen LogP contribution in [0.2, 0.25) is 0 Å². The van der Waals surface area contributed by atoms with Gasteiger partial charge in [-0.15, -0.1) is 11.3 Å². The molecule has 1 aromatic heterocycles. The van der Waals surface area contributed by atoms with Crippen LogP contribution in [0.3, 0.4) is 0 Å². The van der Waals surface area contributed by atoms with Gasteiger partial charge in [0.25, 0.3) is 5.91 Å². The van der Waals surface area contributed by atoms with E-state index in [-0.39, 0.29) is 12.1 Å². The third kappa shape index (κ3) is 3.38. The van der Waals surface area contributed by atoms with E-state index in [0.717, 1.165) is 45.6 Å². The minimum absolute atomic E-state index is 0.0162. The van der Waals surface area contributed by atoms with Gasteiger partial charge < -0.3 is 15.4 Å². The number of anilines is 1. The van der Waals surface area contributed by atoms with Crippen LogP contribution in [0.15, 0.2) is 22.7 Å². The van der Waals surface area contributed by atoms with Crippen molar-refractivity contribution < 1.29 is 9.53 Å². The van der Waals surface area contributed by atoms with E-state index in [0.29, 0.717) is 11.3 Å². The van der Waals surface area contributed by atoms with Crippen molar-refractivity contribution in [3.05, 3.63) is 44.2 Å². The molecule has 2 aliphatic rings. The smallest absolute Gasteiger partial charge is 0.256 e. The number of nitrogens with one attached hydrogen (secondary N) is 2. The highest BCUT2D eigenvalue weighted by atomic mass is 79.9. The molecule has 4 nitrogen and oxygen atoms in total. The maximum atomic E-state index is 13.0. The molecule has 0 unspecified atom stereocenters. The Balaban J connectivity index is 1.68. The number of hydrogen-bond donors (Lipinski definition) is 2. The molecule has 0 bridgehead atoms. The first-order valence-electron chi connectivity index (χ1n) is 9.33. The van der Waals surface area contributed by atoms with Gasteiger partial charge in [-0.2, -0.15) is 0 Å². The summed E-state index contributed by atoms with van der Waals surface area (Å²) in [5, 5.41) is 7.66. The van der Waals surface area contributed by atoms with Gasteiger partial charge in [-0.05, 0) is 54.4 Å². The lowest BCUT2D eigenvalue weighted by Gasteiger charge is -2.34. The van der Waals surface area contributed by atoms with Gasteiger partial charge in [0.15, 0.2) is 0 Å². The van der Waals surface area contributed by atoms with Crippen LogP contribution in [0.25, 0.3) is 0 Å². The molecule has 2 aromatic rings. The van der Waals surface area contributed by atoms with Gasteiger partial charge in [0, 0.05) is 14.9 Å². The lowest BCUT2D eigenvalue weighted by atomic mass is 9.72. The molecule has 144 valence electrons. The van der Waals surface area contributed by atoms with Crippen LogP contribution < -0.4 is 15.4 Å². The monoisotopic (exact) mass is 448 g/mol. The van der Waals surface area contributed by atoms with Crippen LogP contribution in [0.5, 0.6) is 5.75 Å². The summed E-state index contributed by atoms with van der Waals surface area (Å²) in [6.07, 6.45) is 2.91. The van der Waals surface area contributed by atoms with Gasteiger partial charge >= 0.3 is 0 Å². The van der Waals surface area contributed by atoms with Crippen molar-refractivity contribution in [2.75, 3.05) is 12.4 Å². The molecular formula is C21H25BrN2O2S. The van der Waals surface area contributed by atoms with Crippen LogP contribution in [-0.2, 0) is 12.8 Å². The zero-order valence-corrected chi connectivity index (χ0v) is 18.5. The third-order valence-corrected chi connectivity index (χ3v) is 7.45. The SMILES string of the molecule is COc1ccc(Br)cc1[C@@H]1NC(=O)c2c(sc3c2CC[C@@H](C(C)(C)C)C3)N1. The summed E-state index contributed by atoms with van der Waals surface area (Å²) in [5.74, 6) is 1.44. The fraction of sp³-hybridized carbons (Fsp3) is 0.476. The fourth-order valence-electron chi connectivity index (χ4n) is 4.12. The topological polar surface area (TPSA) is 50.4 Å². The molecule has 2 atom stereocenters. The first kappa shape index (κ1) is 18.8. The Labute approximate surface area is 172 Å². The van der Waals surface area contributed by atoms with Gasteiger partial charge in [-0.25, -0.2) is 0 Å². The number of halogens is 1. The number of hydrogen-bond acceptors (Lipinski definition) is 4. The molecular weight excluding hydrogens is 424 g/mol. The van der Waals surface area contributed by atoms with Gasteiger partial charge in [0.1, 0.15) is 16.9 Å². The molecule has 1 aliphatic heterocycles. The summed E-state index contributed by atoms with van der Waals surface area (Å²) in [6, 6.07) is 5.84. The molecule has 2 N–H and O–H groups in total. The van der Waals surface area contributed by atoms with Crippen LogP contribution in [0.1, 0.15) is 59.7 Å². The Morgan fingerprint density at radius 2 is 2.04 bits per heavy atom. The number of amides is 1. The molecule has 27 heavy (non-hydrogen) atoms. The van der Waals surface area contributed by atoms with E-state index in [9.17, 15) is 4.79 Å². The summed E-state index contributed by atoms with van der Waals surface area (Å²) in [7, 11) is 1.65. The maximum absolute atomic E-state index is 13.0. The van der Waals surface area contributed by atoms with Crippen LogP contribution >= 0.6 is 27.3 Å². The largest absolute Gasteiger partial charge is 0.496 e. The predicted molar refractivity (Wildman–Crippen MR) is 114 cm³/mol. The first-order chi connectivity index (χ1) is 12.8. The minimum Gasteiger partial charge on any atom is -0.496 e. The number of fused-ring (bicyclic) bond motifs is 3. The van der Waals surface area contributed by atoms with E-state index in [4.69, 9.17) is 4.74 Å². The molecule has 0 saturated carbocycles. The zero-order chi connectivity index (χ0) is 19.3. The molecule has 0 radical (unpaired) electrons. The van der Waals surface area contributed by atoms with Crippen molar-refractivity contribution in [2.45, 2.75) is 46.2 Å². The van der Waals surface area contributed by atoms with Gasteiger partial charge in [0.05, 0.1) is 12.7 Å². The summed E-state index contributed by atoms with van der Waals surface area (Å²) >= 11 is 5.27. The Morgan fingerprint density at radius 3 is 2.74 bits per heavy atom. The number of methoxy groups -OCH3 is 1. The number of carbonyl (C=O) groups excluding carboxylic acids is 1. The van der Waals surface area contributed by atoms with Crippen LogP contribution in [0.4, 0.5) is 5.00 Å². The normalized spacial score (nSPS) is 21.7. The second-order valence-electron chi connectivity index (χ2n) is 8.45. The lowest BCUT2D eigenvalue weighted by Crippen LogP contribution is -2.38. The average Bonchev–Trinajstić information content (AvgIpc) is 2.98.